The van der Waals surface area contributed by atoms with Crippen molar-refractivity contribution in [1.82, 2.24) is 0 Å². The number of aliphatic hydroxyl groups excluding tert-OH is 1. The van der Waals surface area contributed by atoms with E-state index >= 15 is 0 Å². The lowest BCUT2D eigenvalue weighted by Crippen LogP contribution is -2.32. The molecule has 1 atom stereocenters. The van der Waals surface area contributed by atoms with Crippen LogP contribution in [-0.2, 0) is 11.2 Å². The van der Waals surface area contributed by atoms with Gasteiger partial charge in [0, 0.05) is 11.3 Å². The monoisotopic (exact) mass is 382 g/mol. The molecule has 1 aromatic heterocycles. The first-order chi connectivity index (χ1) is 13.0. The Morgan fingerprint density at radius 2 is 1.70 bits per heavy atom. The van der Waals surface area contributed by atoms with Crippen LogP contribution in [0.15, 0.2) is 66.7 Å². The number of rotatable bonds is 7. The number of amides is 2. The summed E-state index contributed by atoms with van der Waals surface area (Å²) in [6, 6.07) is 19.9. The van der Waals surface area contributed by atoms with E-state index in [0.29, 0.717) is 12.2 Å². The van der Waals surface area contributed by atoms with Gasteiger partial charge in [0.15, 0.2) is 0 Å². The summed E-state index contributed by atoms with van der Waals surface area (Å²) in [5.41, 5.74) is 6.69. The Morgan fingerprint density at radius 3 is 2.33 bits per heavy atom. The van der Waals surface area contributed by atoms with Gasteiger partial charge in [0.1, 0.15) is 10.8 Å². The molecule has 2 amide bonds. The van der Waals surface area contributed by atoms with Crippen molar-refractivity contribution in [2.75, 3.05) is 5.32 Å². The smallest absolute Gasteiger partial charge is 0.294 e. The molecule has 0 bridgehead atoms. The summed E-state index contributed by atoms with van der Waals surface area (Å²) >= 11 is 1.24. The molecule has 0 spiro atoms. The van der Waals surface area contributed by atoms with Crippen LogP contribution in [0.1, 0.15) is 20.8 Å². The van der Waals surface area contributed by atoms with Crippen LogP contribution in [0.25, 0.3) is 0 Å². The SMILES string of the molecule is NC(=O)c1cc(Cc2ccccc2)sc1NC(=O)C(O)Oc1ccccc1. The largest absolute Gasteiger partial charge is 0.455 e. The maximum absolute atomic E-state index is 12.2. The molecule has 27 heavy (non-hydrogen) atoms. The van der Waals surface area contributed by atoms with E-state index in [0.717, 1.165) is 10.4 Å². The van der Waals surface area contributed by atoms with Crippen molar-refractivity contribution in [3.05, 3.63) is 82.7 Å². The van der Waals surface area contributed by atoms with E-state index in [1.54, 1.807) is 36.4 Å². The molecular formula is C20H18N2O4S. The molecule has 1 unspecified atom stereocenters. The van der Waals surface area contributed by atoms with Gasteiger partial charge in [0.05, 0.1) is 5.56 Å². The third-order valence-electron chi connectivity index (χ3n) is 3.72. The highest BCUT2D eigenvalue weighted by Gasteiger charge is 2.21. The van der Waals surface area contributed by atoms with E-state index in [-0.39, 0.29) is 10.6 Å². The molecule has 1 heterocycles. The number of benzene rings is 2. The van der Waals surface area contributed by atoms with Gasteiger partial charge in [0.2, 0.25) is 0 Å². The number of thiophene rings is 1. The topological polar surface area (TPSA) is 102 Å². The molecule has 138 valence electrons. The molecular weight excluding hydrogens is 364 g/mol. The van der Waals surface area contributed by atoms with Crippen LogP contribution in [-0.4, -0.2) is 23.2 Å². The maximum Gasteiger partial charge on any atom is 0.294 e. The van der Waals surface area contributed by atoms with E-state index in [2.05, 4.69) is 5.32 Å². The van der Waals surface area contributed by atoms with Gasteiger partial charge in [-0.2, -0.15) is 0 Å². The first-order valence-corrected chi connectivity index (χ1v) is 9.01. The Bertz CT molecular complexity index is 926. The summed E-state index contributed by atoms with van der Waals surface area (Å²) in [4.78, 5) is 24.8. The van der Waals surface area contributed by atoms with Crippen molar-refractivity contribution in [2.45, 2.75) is 12.7 Å². The maximum atomic E-state index is 12.2. The van der Waals surface area contributed by atoms with Gasteiger partial charge in [-0.25, -0.2) is 0 Å². The molecule has 0 fully saturated rings. The third-order valence-corrected chi connectivity index (χ3v) is 4.77. The Labute approximate surface area is 160 Å². The third kappa shape index (κ3) is 4.93. The molecule has 3 aromatic rings. The number of hydrogen-bond acceptors (Lipinski definition) is 5. The molecule has 0 aliphatic rings. The van der Waals surface area contributed by atoms with E-state index in [1.165, 1.54) is 11.3 Å². The fourth-order valence-electron chi connectivity index (χ4n) is 2.46. The second kappa shape index (κ2) is 8.48. The summed E-state index contributed by atoms with van der Waals surface area (Å²) in [7, 11) is 0. The van der Waals surface area contributed by atoms with Gasteiger partial charge < -0.3 is 20.9 Å². The first kappa shape index (κ1) is 18.6. The number of carbonyl (C=O) groups excluding carboxylic acids is 2. The van der Waals surface area contributed by atoms with E-state index in [9.17, 15) is 14.7 Å². The first-order valence-electron chi connectivity index (χ1n) is 8.20. The van der Waals surface area contributed by atoms with Crippen LogP contribution in [0.3, 0.4) is 0 Å². The zero-order valence-electron chi connectivity index (χ0n) is 14.3. The van der Waals surface area contributed by atoms with Crippen molar-refractivity contribution in [1.29, 1.82) is 0 Å². The summed E-state index contributed by atoms with van der Waals surface area (Å²) < 4.78 is 5.18. The Balaban J connectivity index is 1.73. The summed E-state index contributed by atoms with van der Waals surface area (Å²) in [5.74, 6) is -1.08. The molecule has 0 saturated heterocycles. The van der Waals surface area contributed by atoms with Gasteiger partial charge in [0.25, 0.3) is 18.1 Å². The highest BCUT2D eigenvalue weighted by molar-refractivity contribution is 7.16. The quantitative estimate of drug-likeness (QED) is 0.547. The number of para-hydroxylation sites is 1. The Hall–Kier alpha value is -3.16. The zero-order valence-corrected chi connectivity index (χ0v) is 15.1. The minimum absolute atomic E-state index is 0.200. The molecule has 0 radical (unpaired) electrons. The van der Waals surface area contributed by atoms with Crippen LogP contribution < -0.4 is 15.8 Å². The Kier molecular flexibility index (Phi) is 5.85. The standard InChI is InChI=1S/C20H18N2O4S/c21-17(23)16-12-15(11-13-7-3-1-4-8-13)27-19(16)22-18(24)20(25)26-14-9-5-2-6-10-14/h1-10,12,20,25H,11H2,(H2,21,23)(H,22,24). The molecule has 6 nitrogen and oxygen atoms in total. The molecule has 2 aromatic carbocycles. The normalized spacial score (nSPS) is 11.6. The second-order valence-corrected chi connectivity index (χ2v) is 6.89. The number of nitrogens with one attached hydrogen (secondary N) is 1. The zero-order chi connectivity index (χ0) is 19.2. The lowest BCUT2D eigenvalue weighted by Gasteiger charge is -2.13. The molecule has 3 rings (SSSR count). The molecule has 0 saturated carbocycles. The minimum Gasteiger partial charge on any atom is -0.455 e. The number of primary amides is 1. The van der Waals surface area contributed by atoms with Crippen LogP contribution >= 0.6 is 11.3 Å². The predicted molar refractivity (Wildman–Crippen MR) is 104 cm³/mol. The summed E-state index contributed by atoms with van der Waals surface area (Å²) in [6.07, 6.45) is -1.11. The second-order valence-electron chi connectivity index (χ2n) is 5.75. The van der Waals surface area contributed by atoms with Crippen LogP contribution in [0.2, 0.25) is 0 Å². The summed E-state index contributed by atoms with van der Waals surface area (Å²) in [6.45, 7) is 0. The number of carbonyl (C=O) groups is 2. The minimum atomic E-state index is -1.72. The highest BCUT2D eigenvalue weighted by Crippen LogP contribution is 2.30. The molecule has 0 aliphatic heterocycles. The Morgan fingerprint density at radius 1 is 1.07 bits per heavy atom. The van der Waals surface area contributed by atoms with Crippen molar-refractivity contribution in [3.63, 3.8) is 0 Å². The van der Waals surface area contributed by atoms with Crippen LogP contribution in [0, 0.1) is 0 Å². The fourth-order valence-corrected chi connectivity index (χ4v) is 3.56. The predicted octanol–water partition coefficient (Wildman–Crippen LogP) is 2.77. The van der Waals surface area contributed by atoms with Crippen molar-refractivity contribution in [3.8, 4) is 5.75 Å². The highest BCUT2D eigenvalue weighted by atomic mass is 32.1. The average Bonchev–Trinajstić information content (AvgIpc) is 3.06. The van der Waals surface area contributed by atoms with Crippen molar-refractivity contribution >= 4 is 28.2 Å². The average molecular weight is 382 g/mol. The number of hydrogen-bond donors (Lipinski definition) is 3. The molecule has 7 heteroatoms. The van der Waals surface area contributed by atoms with Gasteiger partial charge in [-0.15, -0.1) is 11.3 Å². The van der Waals surface area contributed by atoms with E-state index < -0.39 is 18.1 Å². The van der Waals surface area contributed by atoms with E-state index in [4.69, 9.17) is 10.5 Å². The van der Waals surface area contributed by atoms with Crippen molar-refractivity contribution in [2.24, 2.45) is 5.73 Å². The van der Waals surface area contributed by atoms with Crippen LogP contribution in [0.5, 0.6) is 5.75 Å². The van der Waals surface area contributed by atoms with Gasteiger partial charge in [-0.05, 0) is 23.8 Å². The number of ether oxygens (including phenoxy) is 1. The number of nitrogens with two attached hydrogens (primary N) is 1. The fraction of sp³-hybridized carbons (Fsp3) is 0.100. The lowest BCUT2D eigenvalue weighted by molar-refractivity contribution is -0.137. The van der Waals surface area contributed by atoms with Gasteiger partial charge in [-0.3, -0.25) is 9.59 Å². The lowest BCUT2D eigenvalue weighted by atomic mass is 10.1. The number of aliphatic hydroxyl groups is 1. The van der Waals surface area contributed by atoms with Crippen LogP contribution in [0.4, 0.5) is 5.00 Å². The molecule has 4 N–H and O–H groups in total. The van der Waals surface area contributed by atoms with Gasteiger partial charge in [-0.1, -0.05) is 48.5 Å². The van der Waals surface area contributed by atoms with E-state index in [1.807, 2.05) is 30.3 Å². The molecule has 0 aliphatic carbocycles. The van der Waals surface area contributed by atoms with Gasteiger partial charge >= 0.3 is 0 Å². The number of anilines is 1. The summed E-state index contributed by atoms with van der Waals surface area (Å²) in [5, 5.41) is 12.8. The van der Waals surface area contributed by atoms with Crippen molar-refractivity contribution < 1.29 is 19.4 Å².